The van der Waals surface area contributed by atoms with E-state index in [2.05, 4.69) is 16.8 Å². The molecule has 82 valence electrons. The maximum atomic E-state index is 10.6. The van der Waals surface area contributed by atoms with Crippen molar-refractivity contribution in [1.29, 1.82) is 0 Å². The lowest BCUT2D eigenvalue weighted by Crippen LogP contribution is -1.96. The number of aldehydes is 1. The summed E-state index contributed by atoms with van der Waals surface area (Å²) >= 11 is 5.76. The lowest BCUT2D eigenvalue weighted by molar-refractivity contribution is -0.385. The van der Waals surface area contributed by atoms with Crippen LogP contribution in [0.4, 0.5) is 5.69 Å². The van der Waals surface area contributed by atoms with Crippen LogP contribution in [0.1, 0.15) is 17.7 Å². The molecule has 0 aliphatic carbocycles. The highest BCUT2D eigenvalue weighted by Gasteiger charge is 2.14. The summed E-state index contributed by atoms with van der Waals surface area (Å²) in [4.78, 5) is 23.9. The third-order valence-electron chi connectivity index (χ3n) is 1.75. The molecule has 0 radical (unpaired) electrons. The van der Waals surface area contributed by atoms with Crippen molar-refractivity contribution < 1.29 is 9.72 Å². The van der Waals surface area contributed by atoms with Gasteiger partial charge in [-0.3, -0.25) is 10.1 Å². The lowest BCUT2D eigenvalue weighted by atomic mass is 10.2. The molecule has 0 aliphatic rings. The number of aryl methyl sites for hydroxylation is 1. The summed E-state index contributed by atoms with van der Waals surface area (Å²) in [5.74, 6) is 5.07. The Morgan fingerprint density at radius 2 is 2.38 bits per heavy atom. The monoisotopic (exact) mass is 238 g/mol. The van der Waals surface area contributed by atoms with Gasteiger partial charge in [-0.05, 0) is 6.92 Å². The van der Waals surface area contributed by atoms with Crippen molar-refractivity contribution >= 4 is 23.6 Å². The number of nitrogens with zero attached hydrogens (tertiary/aromatic N) is 2. The van der Waals surface area contributed by atoms with E-state index in [9.17, 15) is 14.9 Å². The van der Waals surface area contributed by atoms with E-state index < -0.39 is 4.92 Å². The Bertz CT molecular complexity index is 503. The third kappa shape index (κ3) is 2.78. The van der Waals surface area contributed by atoms with Crippen molar-refractivity contribution in [2.45, 2.75) is 13.3 Å². The fourth-order valence-electron chi connectivity index (χ4n) is 1.03. The average Bonchev–Trinajstić information content (AvgIpc) is 2.21. The summed E-state index contributed by atoms with van der Waals surface area (Å²) in [7, 11) is 0. The van der Waals surface area contributed by atoms with Crippen LogP contribution in [0.5, 0.6) is 0 Å². The molecule has 1 heterocycles. The molecule has 5 nitrogen and oxygen atoms in total. The molecule has 1 aromatic rings. The molecule has 0 atom stereocenters. The quantitative estimate of drug-likeness (QED) is 0.259. The zero-order chi connectivity index (χ0) is 12.1. The predicted octanol–water partition coefficient (Wildman–Crippen LogP) is 1.89. The van der Waals surface area contributed by atoms with E-state index in [-0.39, 0.29) is 28.5 Å². The number of pyridine rings is 1. The van der Waals surface area contributed by atoms with Gasteiger partial charge in [0.05, 0.1) is 16.9 Å². The minimum absolute atomic E-state index is 0.0536. The second-order valence-electron chi connectivity index (χ2n) is 2.86. The lowest BCUT2D eigenvalue weighted by Gasteiger charge is -1.99. The maximum Gasteiger partial charge on any atom is 0.291 e. The van der Waals surface area contributed by atoms with Gasteiger partial charge in [-0.1, -0.05) is 23.4 Å². The molecule has 16 heavy (non-hydrogen) atoms. The fourth-order valence-corrected chi connectivity index (χ4v) is 1.25. The SMILES string of the molecule is Cc1nc(Cl)c(C#CCC=O)cc1[N+](=O)[O-]. The maximum absolute atomic E-state index is 10.6. The number of carbonyl (C=O) groups excluding carboxylic acids is 1. The molecule has 6 heteroatoms. The molecule has 0 aliphatic heterocycles. The topological polar surface area (TPSA) is 73.1 Å². The van der Waals surface area contributed by atoms with Crippen LogP contribution in [0.15, 0.2) is 6.07 Å². The minimum Gasteiger partial charge on any atom is -0.302 e. The largest absolute Gasteiger partial charge is 0.302 e. The van der Waals surface area contributed by atoms with Gasteiger partial charge in [-0.2, -0.15) is 0 Å². The molecule has 1 rings (SSSR count). The fraction of sp³-hybridized carbons (Fsp3) is 0.200. The summed E-state index contributed by atoms with van der Waals surface area (Å²) in [5, 5.41) is 10.7. The Morgan fingerprint density at radius 3 is 2.94 bits per heavy atom. The van der Waals surface area contributed by atoms with Gasteiger partial charge < -0.3 is 4.79 Å². The first-order valence-corrected chi connectivity index (χ1v) is 4.68. The van der Waals surface area contributed by atoms with E-state index in [1.807, 2.05) is 0 Å². The first-order chi connectivity index (χ1) is 7.56. The second-order valence-corrected chi connectivity index (χ2v) is 3.22. The number of hydrogen-bond acceptors (Lipinski definition) is 4. The van der Waals surface area contributed by atoms with Crippen LogP contribution < -0.4 is 0 Å². The smallest absolute Gasteiger partial charge is 0.291 e. The minimum atomic E-state index is -0.552. The van der Waals surface area contributed by atoms with Crippen LogP contribution in [0.25, 0.3) is 0 Å². The number of nitro groups is 1. The summed E-state index contributed by atoms with van der Waals surface area (Å²) in [6.07, 6.45) is 0.689. The molecular weight excluding hydrogens is 232 g/mol. The van der Waals surface area contributed by atoms with E-state index in [0.717, 1.165) is 0 Å². The highest BCUT2D eigenvalue weighted by atomic mass is 35.5. The van der Waals surface area contributed by atoms with Crippen LogP contribution in [0.2, 0.25) is 5.15 Å². The van der Waals surface area contributed by atoms with E-state index in [4.69, 9.17) is 11.6 Å². The van der Waals surface area contributed by atoms with Gasteiger partial charge in [-0.15, -0.1) is 0 Å². The second kappa shape index (κ2) is 5.24. The van der Waals surface area contributed by atoms with Crippen molar-refractivity contribution in [2.24, 2.45) is 0 Å². The zero-order valence-electron chi connectivity index (χ0n) is 8.36. The normalized spacial score (nSPS) is 9.12. The highest BCUT2D eigenvalue weighted by Crippen LogP contribution is 2.22. The van der Waals surface area contributed by atoms with Gasteiger partial charge in [0.15, 0.2) is 0 Å². The highest BCUT2D eigenvalue weighted by molar-refractivity contribution is 6.30. The van der Waals surface area contributed by atoms with Crippen molar-refractivity contribution in [3.8, 4) is 11.8 Å². The zero-order valence-corrected chi connectivity index (χ0v) is 9.11. The Kier molecular flexibility index (Phi) is 3.97. The third-order valence-corrected chi connectivity index (χ3v) is 2.03. The molecule has 0 saturated carbocycles. The van der Waals surface area contributed by atoms with E-state index in [1.54, 1.807) is 0 Å². The predicted molar refractivity (Wildman–Crippen MR) is 58.2 cm³/mol. The number of aromatic nitrogens is 1. The van der Waals surface area contributed by atoms with Crippen LogP contribution in [-0.4, -0.2) is 16.2 Å². The summed E-state index contributed by atoms with van der Waals surface area (Å²) in [6, 6.07) is 1.25. The average molecular weight is 239 g/mol. The van der Waals surface area contributed by atoms with Gasteiger partial charge in [-0.25, -0.2) is 4.98 Å². The number of rotatable bonds is 2. The van der Waals surface area contributed by atoms with E-state index in [0.29, 0.717) is 6.29 Å². The van der Waals surface area contributed by atoms with Crippen LogP contribution in [0, 0.1) is 28.9 Å². The Morgan fingerprint density at radius 1 is 1.69 bits per heavy atom. The van der Waals surface area contributed by atoms with Crippen LogP contribution in [-0.2, 0) is 4.79 Å². The summed E-state index contributed by atoms with van der Waals surface area (Å²) in [5.41, 5.74) is 0.344. The van der Waals surface area contributed by atoms with E-state index >= 15 is 0 Å². The summed E-state index contributed by atoms with van der Waals surface area (Å²) < 4.78 is 0. The van der Waals surface area contributed by atoms with Crippen molar-refractivity contribution in [3.05, 3.63) is 32.6 Å². The Labute approximate surface area is 96.6 Å². The molecular formula is C10H7ClN2O3. The van der Waals surface area contributed by atoms with Gasteiger partial charge in [0.25, 0.3) is 5.69 Å². The first-order valence-electron chi connectivity index (χ1n) is 4.30. The van der Waals surface area contributed by atoms with Gasteiger partial charge >= 0.3 is 0 Å². The molecule has 0 bridgehead atoms. The molecule has 0 saturated heterocycles. The Hall–Kier alpha value is -1.93. The molecule has 0 aromatic carbocycles. The molecule has 1 aromatic heterocycles. The molecule has 0 amide bonds. The van der Waals surface area contributed by atoms with Gasteiger partial charge in [0.2, 0.25) is 0 Å². The van der Waals surface area contributed by atoms with E-state index in [1.165, 1.54) is 13.0 Å². The molecule has 0 spiro atoms. The summed E-state index contributed by atoms with van der Waals surface area (Å²) in [6.45, 7) is 1.49. The van der Waals surface area contributed by atoms with Crippen molar-refractivity contribution in [1.82, 2.24) is 4.98 Å². The standard InChI is InChI=1S/C10H7ClN2O3/c1-7-9(13(15)16)6-8(10(11)12-7)4-2-3-5-14/h5-6H,3H2,1H3. The first kappa shape index (κ1) is 12.1. The molecule has 0 N–H and O–H groups in total. The molecule has 0 fully saturated rings. The van der Waals surface area contributed by atoms with Crippen LogP contribution in [0.3, 0.4) is 0 Å². The Balaban J connectivity index is 3.21. The molecule has 0 unspecified atom stereocenters. The van der Waals surface area contributed by atoms with Crippen LogP contribution >= 0.6 is 11.6 Å². The number of halogens is 1. The van der Waals surface area contributed by atoms with Crippen molar-refractivity contribution in [3.63, 3.8) is 0 Å². The van der Waals surface area contributed by atoms with Gasteiger partial charge in [0.1, 0.15) is 17.1 Å². The number of hydrogen-bond donors (Lipinski definition) is 0. The van der Waals surface area contributed by atoms with Crippen molar-refractivity contribution in [2.75, 3.05) is 0 Å². The van der Waals surface area contributed by atoms with Gasteiger partial charge in [0, 0.05) is 6.07 Å². The number of carbonyl (C=O) groups is 1.